The van der Waals surface area contributed by atoms with E-state index in [0.717, 1.165) is 25.7 Å². The topological polar surface area (TPSA) is 40.5 Å². The fourth-order valence-electron chi connectivity index (χ4n) is 3.84. The maximum atomic E-state index is 10.3. The summed E-state index contributed by atoms with van der Waals surface area (Å²) in [4.78, 5) is 0. The van der Waals surface area contributed by atoms with E-state index < -0.39 is 5.60 Å². The van der Waals surface area contributed by atoms with Gasteiger partial charge in [-0.3, -0.25) is 0 Å². The lowest BCUT2D eigenvalue weighted by atomic mass is 9.84. The summed E-state index contributed by atoms with van der Waals surface area (Å²) in [6.07, 6.45) is 7.68. The molecule has 2 saturated carbocycles. The van der Waals surface area contributed by atoms with Crippen LogP contribution in [0.25, 0.3) is 0 Å². The van der Waals surface area contributed by atoms with Gasteiger partial charge in [-0.05, 0) is 63.2 Å². The highest BCUT2D eigenvalue weighted by Crippen LogP contribution is 2.71. The lowest BCUT2D eigenvalue weighted by Gasteiger charge is -2.21. The van der Waals surface area contributed by atoms with Gasteiger partial charge < -0.3 is 10.2 Å². The third-order valence-corrected chi connectivity index (χ3v) is 5.20. The number of fused-ring (bicyclic) bond motifs is 1. The average molecular weight is 238 g/mol. The first-order chi connectivity index (χ1) is 7.94. The Hall–Kier alpha value is -0.340. The normalized spacial score (nSPS) is 40.9. The van der Waals surface area contributed by atoms with E-state index in [2.05, 4.69) is 26.8 Å². The van der Waals surface area contributed by atoms with E-state index in [-0.39, 0.29) is 6.61 Å². The van der Waals surface area contributed by atoms with Crippen LogP contribution in [0.5, 0.6) is 0 Å². The molecule has 0 aromatic carbocycles. The van der Waals surface area contributed by atoms with Gasteiger partial charge in [-0.1, -0.05) is 18.6 Å². The molecule has 0 unspecified atom stereocenters. The molecule has 2 rings (SSSR count). The van der Waals surface area contributed by atoms with Crippen molar-refractivity contribution in [2.75, 3.05) is 6.61 Å². The van der Waals surface area contributed by atoms with Crippen molar-refractivity contribution in [1.82, 2.24) is 0 Å². The third-order valence-electron chi connectivity index (χ3n) is 5.20. The Balaban J connectivity index is 1.91. The van der Waals surface area contributed by atoms with Crippen LogP contribution in [0.2, 0.25) is 0 Å². The zero-order chi connectivity index (χ0) is 12.7. The Morgan fingerprint density at radius 2 is 2.12 bits per heavy atom. The van der Waals surface area contributed by atoms with Gasteiger partial charge in [-0.25, -0.2) is 0 Å². The van der Waals surface area contributed by atoms with Crippen LogP contribution in [0.15, 0.2) is 11.6 Å². The highest BCUT2D eigenvalue weighted by atomic mass is 16.3. The molecule has 98 valence electrons. The van der Waals surface area contributed by atoms with Gasteiger partial charge in [0.05, 0.1) is 12.2 Å². The summed E-state index contributed by atoms with van der Waals surface area (Å²) in [5, 5.41) is 19.6. The van der Waals surface area contributed by atoms with Crippen molar-refractivity contribution in [2.24, 2.45) is 17.3 Å². The fourth-order valence-corrected chi connectivity index (χ4v) is 3.84. The molecular formula is C15H26O2. The van der Waals surface area contributed by atoms with Crippen LogP contribution in [0, 0.1) is 17.3 Å². The fraction of sp³-hybridized carbons (Fsp3) is 0.867. The minimum atomic E-state index is -0.759. The van der Waals surface area contributed by atoms with Gasteiger partial charge in [0.15, 0.2) is 0 Å². The molecule has 0 aromatic rings. The van der Waals surface area contributed by atoms with Crippen molar-refractivity contribution in [3.63, 3.8) is 0 Å². The van der Waals surface area contributed by atoms with Crippen molar-refractivity contribution < 1.29 is 10.2 Å². The molecule has 17 heavy (non-hydrogen) atoms. The van der Waals surface area contributed by atoms with Gasteiger partial charge in [0.25, 0.3) is 0 Å². The zero-order valence-electron chi connectivity index (χ0n) is 11.4. The minimum absolute atomic E-state index is 0.0554. The second-order valence-corrected chi connectivity index (χ2v) is 6.51. The molecule has 0 saturated heterocycles. The maximum Gasteiger partial charge on any atom is 0.0911 e. The van der Waals surface area contributed by atoms with E-state index in [4.69, 9.17) is 0 Å². The number of rotatable bonds is 5. The SMILES string of the molecule is CC(C)=CCC[C@@H](C)[C@]12CC[C@@](O)(CO)[C@H]1C2. The van der Waals surface area contributed by atoms with E-state index in [9.17, 15) is 10.2 Å². The molecule has 0 radical (unpaired) electrons. The summed E-state index contributed by atoms with van der Waals surface area (Å²) in [5.74, 6) is 1.03. The lowest BCUT2D eigenvalue weighted by Crippen LogP contribution is -2.33. The molecule has 0 aliphatic heterocycles. The van der Waals surface area contributed by atoms with Crippen LogP contribution in [-0.2, 0) is 0 Å². The van der Waals surface area contributed by atoms with Crippen molar-refractivity contribution in [2.45, 2.75) is 58.5 Å². The Morgan fingerprint density at radius 3 is 2.59 bits per heavy atom. The molecule has 2 heteroatoms. The van der Waals surface area contributed by atoms with E-state index in [1.165, 1.54) is 12.0 Å². The van der Waals surface area contributed by atoms with Gasteiger partial charge in [0.1, 0.15) is 0 Å². The Morgan fingerprint density at radius 1 is 1.41 bits per heavy atom. The van der Waals surface area contributed by atoms with Gasteiger partial charge in [0.2, 0.25) is 0 Å². The summed E-state index contributed by atoms with van der Waals surface area (Å²) in [7, 11) is 0. The maximum absolute atomic E-state index is 10.3. The zero-order valence-corrected chi connectivity index (χ0v) is 11.4. The number of aliphatic hydroxyl groups excluding tert-OH is 1. The summed E-state index contributed by atoms with van der Waals surface area (Å²) in [6.45, 7) is 6.55. The monoisotopic (exact) mass is 238 g/mol. The van der Waals surface area contributed by atoms with Crippen LogP contribution in [0.4, 0.5) is 0 Å². The summed E-state index contributed by atoms with van der Waals surface area (Å²) in [5.41, 5.74) is 0.984. The van der Waals surface area contributed by atoms with Crippen molar-refractivity contribution in [3.8, 4) is 0 Å². The van der Waals surface area contributed by atoms with Crippen molar-refractivity contribution >= 4 is 0 Å². The highest BCUT2D eigenvalue weighted by Gasteiger charge is 2.69. The third kappa shape index (κ3) is 2.17. The van der Waals surface area contributed by atoms with Gasteiger partial charge >= 0.3 is 0 Å². The predicted molar refractivity (Wildman–Crippen MR) is 69.6 cm³/mol. The van der Waals surface area contributed by atoms with Crippen LogP contribution < -0.4 is 0 Å². The molecular weight excluding hydrogens is 212 g/mol. The van der Waals surface area contributed by atoms with Gasteiger partial charge in [0, 0.05) is 0 Å². The molecule has 0 amide bonds. The number of allylic oxidation sites excluding steroid dienone is 2. The molecule has 2 fully saturated rings. The molecule has 2 aliphatic carbocycles. The molecule has 0 bridgehead atoms. The Labute approximate surface area is 105 Å². The van der Waals surface area contributed by atoms with E-state index in [1.807, 2.05) is 0 Å². The molecule has 2 aliphatic rings. The second kappa shape index (κ2) is 4.40. The average Bonchev–Trinajstić information content (AvgIpc) is 2.96. The van der Waals surface area contributed by atoms with Crippen LogP contribution in [0.1, 0.15) is 52.9 Å². The Bertz CT molecular complexity index is 319. The molecule has 2 nitrogen and oxygen atoms in total. The predicted octanol–water partition coefficient (Wildman–Crippen LogP) is 2.89. The van der Waals surface area contributed by atoms with Gasteiger partial charge in [-0.15, -0.1) is 0 Å². The van der Waals surface area contributed by atoms with Crippen molar-refractivity contribution in [3.05, 3.63) is 11.6 Å². The molecule has 2 N–H and O–H groups in total. The minimum Gasteiger partial charge on any atom is -0.393 e. The first-order valence-electron chi connectivity index (χ1n) is 6.91. The quantitative estimate of drug-likeness (QED) is 0.723. The number of aliphatic hydroxyl groups is 2. The molecule has 0 heterocycles. The second-order valence-electron chi connectivity index (χ2n) is 6.51. The van der Waals surface area contributed by atoms with E-state index in [1.54, 1.807) is 0 Å². The largest absolute Gasteiger partial charge is 0.393 e. The van der Waals surface area contributed by atoms with Gasteiger partial charge in [-0.2, -0.15) is 0 Å². The number of hydrogen-bond donors (Lipinski definition) is 2. The lowest BCUT2D eigenvalue weighted by molar-refractivity contribution is -0.0282. The molecule has 0 spiro atoms. The van der Waals surface area contributed by atoms with Crippen LogP contribution in [0.3, 0.4) is 0 Å². The van der Waals surface area contributed by atoms with Crippen LogP contribution >= 0.6 is 0 Å². The first kappa shape index (κ1) is 13.1. The molecule has 0 aromatic heterocycles. The molecule has 4 atom stereocenters. The Kier molecular flexibility index (Phi) is 3.39. The summed E-state index contributed by atoms with van der Waals surface area (Å²) in [6, 6.07) is 0. The van der Waals surface area contributed by atoms with Crippen LogP contribution in [-0.4, -0.2) is 22.4 Å². The summed E-state index contributed by atoms with van der Waals surface area (Å²) < 4.78 is 0. The van der Waals surface area contributed by atoms with Crippen molar-refractivity contribution in [1.29, 1.82) is 0 Å². The smallest absolute Gasteiger partial charge is 0.0911 e. The van der Waals surface area contributed by atoms with E-state index in [0.29, 0.717) is 17.3 Å². The summed E-state index contributed by atoms with van der Waals surface area (Å²) >= 11 is 0. The first-order valence-corrected chi connectivity index (χ1v) is 6.91. The van der Waals surface area contributed by atoms with E-state index >= 15 is 0 Å². The standard InChI is InChI=1S/C15H26O2/c1-11(2)5-4-6-12(3)14-7-8-15(17,10-16)13(14)9-14/h5,12-13,16-17H,4,6-10H2,1-3H3/t12-,13+,14-,15-/m1/s1. The number of hydrogen-bond acceptors (Lipinski definition) is 2. The highest BCUT2D eigenvalue weighted by molar-refractivity contribution is 5.18.